The van der Waals surface area contributed by atoms with Crippen LogP contribution in [0.1, 0.15) is 23.7 Å². The number of piperidine rings is 1. The summed E-state index contributed by atoms with van der Waals surface area (Å²) in [5.41, 5.74) is 2.93. The fraction of sp³-hybridized carbons (Fsp3) is 0.316. The maximum Gasteiger partial charge on any atom is 0.253 e. The van der Waals surface area contributed by atoms with Gasteiger partial charge in [0.05, 0.1) is 6.10 Å². The minimum atomic E-state index is -0.415. The first-order chi connectivity index (χ1) is 10.6. The minimum Gasteiger partial charge on any atom is -0.391 e. The predicted octanol–water partition coefficient (Wildman–Crippen LogP) is 3.20. The molecule has 1 amide bonds. The molecule has 22 heavy (non-hydrogen) atoms. The van der Waals surface area contributed by atoms with Gasteiger partial charge in [-0.25, -0.2) is 0 Å². The molecule has 0 saturated carbocycles. The lowest BCUT2D eigenvalue weighted by atomic mass is 9.95. The number of likely N-dealkylation sites (tertiary alicyclic amines) is 1. The Bertz CT molecular complexity index is 636. The molecule has 2 aromatic carbocycles. The van der Waals surface area contributed by atoms with E-state index < -0.39 is 6.10 Å². The van der Waals surface area contributed by atoms with Gasteiger partial charge >= 0.3 is 0 Å². The average Bonchev–Trinajstić information content (AvgIpc) is 2.58. The summed E-state index contributed by atoms with van der Waals surface area (Å²) >= 11 is 0. The van der Waals surface area contributed by atoms with Crippen LogP contribution in [-0.4, -0.2) is 35.1 Å². The summed E-state index contributed by atoms with van der Waals surface area (Å²) in [5, 5.41) is 9.94. The Morgan fingerprint density at radius 3 is 2.32 bits per heavy atom. The first-order valence-corrected chi connectivity index (χ1v) is 7.78. The Morgan fingerprint density at radius 2 is 1.68 bits per heavy atom. The van der Waals surface area contributed by atoms with E-state index in [0.29, 0.717) is 12.1 Å². The summed E-state index contributed by atoms with van der Waals surface area (Å²) in [6.07, 6.45) is 0.441. The second kappa shape index (κ2) is 6.32. The fourth-order valence-corrected chi connectivity index (χ4v) is 2.85. The van der Waals surface area contributed by atoms with Crippen molar-refractivity contribution in [1.82, 2.24) is 4.90 Å². The van der Waals surface area contributed by atoms with Gasteiger partial charge in [-0.2, -0.15) is 0 Å². The standard InChI is InChI=1S/C19H21NO2/c1-14-11-12-20(13-18(14)21)19(22)17-9-7-16(8-10-17)15-5-3-2-4-6-15/h2-10,14,18,21H,11-13H2,1H3. The van der Waals surface area contributed by atoms with Crippen LogP contribution in [0.5, 0.6) is 0 Å². The number of rotatable bonds is 2. The van der Waals surface area contributed by atoms with Crippen LogP contribution < -0.4 is 0 Å². The van der Waals surface area contributed by atoms with E-state index in [9.17, 15) is 9.90 Å². The third kappa shape index (κ3) is 3.04. The van der Waals surface area contributed by atoms with Crippen LogP contribution in [0.15, 0.2) is 54.6 Å². The zero-order valence-electron chi connectivity index (χ0n) is 12.8. The number of aliphatic hydroxyl groups excluding tert-OH is 1. The van der Waals surface area contributed by atoms with Crippen LogP contribution in [0.4, 0.5) is 0 Å². The molecule has 3 nitrogen and oxygen atoms in total. The van der Waals surface area contributed by atoms with E-state index in [0.717, 1.165) is 24.1 Å². The number of carbonyl (C=O) groups excluding carboxylic acids is 1. The predicted molar refractivity (Wildman–Crippen MR) is 87.6 cm³/mol. The molecule has 1 saturated heterocycles. The smallest absolute Gasteiger partial charge is 0.253 e. The van der Waals surface area contributed by atoms with Crippen LogP contribution in [0, 0.1) is 5.92 Å². The largest absolute Gasteiger partial charge is 0.391 e. The van der Waals surface area contributed by atoms with Crippen molar-refractivity contribution in [2.24, 2.45) is 5.92 Å². The molecular formula is C19H21NO2. The normalized spacial score (nSPS) is 21.6. The Labute approximate surface area is 131 Å². The third-order valence-electron chi connectivity index (χ3n) is 4.44. The van der Waals surface area contributed by atoms with Gasteiger partial charge in [0.1, 0.15) is 0 Å². The molecule has 114 valence electrons. The molecule has 1 fully saturated rings. The molecule has 2 unspecified atom stereocenters. The summed E-state index contributed by atoms with van der Waals surface area (Å²) < 4.78 is 0. The van der Waals surface area contributed by atoms with Gasteiger partial charge in [-0.15, -0.1) is 0 Å². The Kier molecular flexibility index (Phi) is 4.25. The highest BCUT2D eigenvalue weighted by atomic mass is 16.3. The summed E-state index contributed by atoms with van der Waals surface area (Å²) in [7, 11) is 0. The van der Waals surface area contributed by atoms with Crippen molar-refractivity contribution < 1.29 is 9.90 Å². The highest BCUT2D eigenvalue weighted by Gasteiger charge is 2.27. The van der Waals surface area contributed by atoms with Gasteiger partial charge in [0.2, 0.25) is 0 Å². The summed E-state index contributed by atoms with van der Waals surface area (Å²) in [6.45, 7) is 3.18. The van der Waals surface area contributed by atoms with Crippen molar-refractivity contribution in [3.63, 3.8) is 0 Å². The van der Waals surface area contributed by atoms with Gasteiger partial charge < -0.3 is 10.0 Å². The van der Waals surface area contributed by atoms with Gasteiger partial charge in [0.15, 0.2) is 0 Å². The topological polar surface area (TPSA) is 40.5 Å². The van der Waals surface area contributed by atoms with E-state index >= 15 is 0 Å². The van der Waals surface area contributed by atoms with Crippen molar-refractivity contribution >= 4 is 5.91 Å². The van der Waals surface area contributed by atoms with Gasteiger partial charge in [0, 0.05) is 18.7 Å². The van der Waals surface area contributed by atoms with E-state index in [1.807, 2.05) is 49.4 Å². The van der Waals surface area contributed by atoms with E-state index in [4.69, 9.17) is 0 Å². The number of amides is 1. The molecule has 1 aliphatic rings. The molecule has 1 heterocycles. The van der Waals surface area contributed by atoms with E-state index in [2.05, 4.69) is 12.1 Å². The lowest BCUT2D eigenvalue weighted by molar-refractivity contribution is 0.0248. The van der Waals surface area contributed by atoms with Crippen molar-refractivity contribution in [2.45, 2.75) is 19.4 Å². The van der Waals surface area contributed by atoms with E-state index in [1.54, 1.807) is 4.90 Å². The number of aliphatic hydroxyl groups is 1. The van der Waals surface area contributed by atoms with Crippen LogP contribution >= 0.6 is 0 Å². The maximum atomic E-state index is 12.5. The first-order valence-electron chi connectivity index (χ1n) is 7.78. The Morgan fingerprint density at radius 1 is 1.05 bits per heavy atom. The van der Waals surface area contributed by atoms with Crippen molar-refractivity contribution in [3.8, 4) is 11.1 Å². The quantitative estimate of drug-likeness (QED) is 0.924. The molecule has 0 bridgehead atoms. The minimum absolute atomic E-state index is 0.00515. The molecule has 3 heteroatoms. The molecule has 0 aliphatic carbocycles. The molecule has 2 aromatic rings. The van der Waals surface area contributed by atoms with Gasteiger partial charge in [0.25, 0.3) is 5.91 Å². The number of nitrogens with zero attached hydrogens (tertiary/aromatic N) is 1. The second-order valence-electron chi connectivity index (χ2n) is 6.03. The molecule has 2 atom stereocenters. The van der Waals surface area contributed by atoms with Crippen molar-refractivity contribution in [1.29, 1.82) is 0 Å². The maximum absolute atomic E-state index is 12.5. The summed E-state index contributed by atoms with van der Waals surface area (Å²) in [4.78, 5) is 14.3. The molecule has 1 aliphatic heterocycles. The Balaban J connectivity index is 1.74. The lowest BCUT2D eigenvalue weighted by Gasteiger charge is -2.34. The molecular weight excluding hydrogens is 274 g/mol. The van der Waals surface area contributed by atoms with Gasteiger partial charge in [-0.05, 0) is 35.6 Å². The van der Waals surface area contributed by atoms with Crippen molar-refractivity contribution in [2.75, 3.05) is 13.1 Å². The molecule has 3 rings (SSSR count). The third-order valence-corrected chi connectivity index (χ3v) is 4.44. The number of hydrogen-bond acceptors (Lipinski definition) is 2. The molecule has 0 radical (unpaired) electrons. The van der Waals surface area contributed by atoms with Crippen LogP contribution in [-0.2, 0) is 0 Å². The van der Waals surface area contributed by atoms with Gasteiger partial charge in [-0.3, -0.25) is 4.79 Å². The number of β-amino-alcohol motifs (C(OH)–C–C–N with tert-alkyl or cyclic N) is 1. The average molecular weight is 295 g/mol. The SMILES string of the molecule is CC1CCN(C(=O)c2ccc(-c3ccccc3)cc2)CC1O. The van der Waals surface area contributed by atoms with Crippen LogP contribution in [0.3, 0.4) is 0 Å². The summed E-state index contributed by atoms with van der Waals surface area (Å²) in [6, 6.07) is 17.8. The monoisotopic (exact) mass is 295 g/mol. The number of benzene rings is 2. The molecule has 0 spiro atoms. The highest BCUT2D eigenvalue weighted by Crippen LogP contribution is 2.22. The fourth-order valence-electron chi connectivity index (χ4n) is 2.85. The number of carbonyl (C=O) groups is 1. The first kappa shape index (κ1) is 14.8. The van der Waals surface area contributed by atoms with Crippen LogP contribution in [0.2, 0.25) is 0 Å². The van der Waals surface area contributed by atoms with Gasteiger partial charge in [-0.1, -0.05) is 49.4 Å². The lowest BCUT2D eigenvalue weighted by Crippen LogP contribution is -2.45. The zero-order valence-corrected chi connectivity index (χ0v) is 12.8. The van der Waals surface area contributed by atoms with Crippen molar-refractivity contribution in [3.05, 3.63) is 60.2 Å². The van der Waals surface area contributed by atoms with E-state index in [-0.39, 0.29) is 11.8 Å². The van der Waals surface area contributed by atoms with E-state index in [1.165, 1.54) is 0 Å². The highest BCUT2D eigenvalue weighted by molar-refractivity contribution is 5.94. The Hall–Kier alpha value is -2.13. The second-order valence-corrected chi connectivity index (χ2v) is 6.03. The summed E-state index contributed by atoms with van der Waals surface area (Å²) in [5.74, 6) is 0.273. The van der Waals surface area contributed by atoms with Crippen LogP contribution in [0.25, 0.3) is 11.1 Å². The molecule has 0 aromatic heterocycles. The molecule has 1 N–H and O–H groups in total. The zero-order chi connectivity index (χ0) is 15.5. The number of hydrogen-bond donors (Lipinski definition) is 1.